The lowest BCUT2D eigenvalue weighted by Gasteiger charge is -2.36. The third-order valence-corrected chi connectivity index (χ3v) is 4.39. The van der Waals surface area contributed by atoms with E-state index < -0.39 is 5.97 Å². The Labute approximate surface area is 137 Å². The topological polar surface area (TPSA) is 66.8 Å². The van der Waals surface area contributed by atoms with E-state index in [2.05, 4.69) is 13.8 Å². The SMILES string of the molecule is CC(C)C(CC(=O)N1CCOCC1CC(=O)O)c1ccccc1. The van der Waals surface area contributed by atoms with Crippen molar-refractivity contribution in [2.24, 2.45) is 5.92 Å². The van der Waals surface area contributed by atoms with Gasteiger partial charge in [0.2, 0.25) is 5.91 Å². The number of aliphatic carboxylic acids is 1. The summed E-state index contributed by atoms with van der Waals surface area (Å²) in [5.41, 5.74) is 1.15. The van der Waals surface area contributed by atoms with Crippen LogP contribution in [0.1, 0.15) is 38.2 Å². The number of carboxylic acids is 1. The Morgan fingerprint density at radius 1 is 1.30 bits per heavy atom. The van der Waals surface area contributed by atoms with Crippen LogP contribution in [-0.4, -0.2) is 47.7 Å². The molecule has 1 aromatic rings. The van der Waals surface area contributed by atoms with Crippen LogP contribution >= 0.6 is 0 Å². The fourth-order valence-corrected chi connectivity index (χ4v) is 3.10. The molecule has 1 saturated heterocycles. The average molecular weight is 319 g/mol. The Bertz CT molecular complexity index is 529. The summed E-state index contributed by atoms with van der Waals surface area (Å²) in [6.07, 6.45) is 0.335. The van der Waals surface area contributed by atoms with E-state index in [1.807, 2.05) is 30.3 Å². The molecule has 5 nitrogen and oxygen atoms in total. The van der Waals surface area contributed by atoms with Crippen LogP contribution in [0.2, 0.25) is 0 Å². The van der Waals surface area contributed by atoms with Crippen LogP contribution in [0.3, 0.4) is 0 Å². The normalized spacial score (nSPS) is 19.6. The number of hydrogen-bond donors (Lipinski definition) is 1. The Morgan fingerprint density at radius 2 is 2.00 bits per heavy atom. The Morgan fingerprint density at radius 3 is 2.61 bits per heavy atom. The van der Waals surface area contributed by atoms with Gasteiger partial charge in [-0.15, -0.1) is 0 Å². The average Bonchev–Trinajstić information content (AvgIpc) is 2.53. The molecule has 1 N–H and O–H groups in total. The zero-order valence-corrected chi connectivity index (χ0v) is 13.8. The fraction of sp³-hybridized carbons (Fsp3) is 0.556. The first-order chi connectivity index (χ1) is 11.0. The van der Waals surface area contributed by atoms with E-state index in [1.54, 1.807) is 4.90 Å². The highest BCUT2D eigenvalue weighted by molar-refractivity contribution is 5.78. The Hall–Kier alpha value is -1.88. The molecule has 0 radical (unpaired) electrons. The largest absolute Gasteiger partial charge is 0.481 e. The summed E-state index contributed by atoms with van der Waals surface area (Å²) < 4.78 is 5.34. The summed E-state index contributed by atoms with van der Waals surface area (Å²) in [4.78, 5) is 25.4. The van der Waals surface area contributed by atoms with Gasteiger partial charge < -0.3 is 14.7 Å². The summed E-state index contributed by atoms with van der Waals surface area (Å²) in [5, 5.41) is 9.02. The molecule has 23 heavy (non-hydrogen) atoms. The lowest BCUT2D eigenvalue weighted by Crippen LogP contribution is -2.50. The molecule has 0 saturated carbocycles. The summed E-state index contributed by atoms with van der Waals surface area (Å²) in [5.74, 6) is -0.416. The molecule has 0 aliphatic carbocycles. The van der Waals surface area contributed by atoms with Crippen molar-refractivity contribution >= 4 is 11.9 Å². The molecule has 1 aliphatic heterocycles. The van der Waals surface area contributed by atoms with Crippen molar-refractivity contribution in [2.75, 3.05) is 19.8 Å². The van der Waals surface area contributed by atoms with Crippen molar-refractivity contribution in [3.8, 4) is 0 Å². The zero-order valence-electron chi connectivity index (χ0n) is 13.8. The maximum Gasteiger partial charge on any atom is 0.305 e. The quantitative estimate of drug-likeness (QED) is 0.875. The lowest BCUT2D eigenvalue weighted by molar-refractivity contribution is -0.146. The van der Waals surface area contributed by atoms with E-state index in [-0.39, 0.29) is 24.3 Å². The van der Waals surface area contributed by atoms with E-state index in [9.17, 15) is 9.59 Å². The first-order valence-electron chi connectivity index (χ1n) is 8.13. The number of nitrogens with zero attached hydrogens (tertiary/aromatic N) is 1. The molecular weight excluding hydrogens is 294 g/mol. The molecule has 0 spiro atoms. The minimum absolute atomic E-state index is 0.0158. The monoisotopic (exact) mass is 319 g/mol. The van der Waals surface area contributed by atoms with Crippen LogP contribution in [-0.2, 0) is 14.3 Å². The van der Waals surface area contributed by atoms with E-state index in [0.29, 0.717) is 32.1 Å². The van der Waals surface area contributed by atoms with Gasteiger partial charge in [-0.25, -0.2) is 0 Å². The number of carboxylic acid groups (broad SMARTS) is 1. The number of morpholine rings is 1. The molecule has 2 rings (SSSR count). The van der Waals surface area contributed by atoms with Gasteiger partial charge in [-0.05, 0) is 17.4 Å². The summed E-state index contributed by atoms with van der Waals surface area (Å²) >= 11 is 0. The van der Waals surface area contributed by atoms with Crippen molar-refractivity contribution in [3.63, 3.8) is 0 Å². The van der Waals surface area contributed by atoms with Gasteiger partial charge in [-0.3, -0.25) is 9.59 Å². The lowest BCUT2D eigenvalue weighted by atomic mass is 9.85. The van der Waals surface area contributed by atoms with Crippen LogP contribution in [0.5, 0.6) is 0 Å². The number of carbonyl (C=O) groups is 2. The van der Waals surface area contributed by atoms with Gasteiger partial charge in [-0.1, -0.05) is 44.2 Å². The fourth-order valence-electron chi connectivity index (χ4n) is 3.10. The number of hydrogen-bond acceptors (Lipinski definition) is 3. The second kappa shape index (κ2) is 8.11. The van der Waals surface area contributed by atoms with Crippen molar-refractivity contribution in [2.45, 2.75) is 38.6 Å². The van der Waals surface area contributed by atoms with Crippen molar-refractivity contribution < 1.29 is 19.4 Å². The van der Waals surface area contributed by atoms with Crippen LogP contribution < -0.4 is 0 Å². The van der Waals surface area contributed by atoms with Crippen LogP contribution in [0.15, 0.2) is 30.3 Å². The molecular formula is C18H25NO4. The maximum atomic E-state index is 12.8. The van der Waals surface area contributed by atoms with Gasteiger partial charge in [0, 0.05) is 13.0 Å². The minimum Gasteiger partial charge on any atom is -0.481 e. The highest BCUT2D eigenvalue weighted by atomic mass is 16.5. The predicted molar refractivity (Wildman–Crippen MR) is 87.2 cm³/mol. The minimum atomic E-state index is -0.901. The molecule has 1 aromatic carbocycles. The number of benzene rings is 1. The second-order valence-corrected chi connectivity index (χ2v) is 6.38. The number of carbonyl (C=O) groups excluding carboxylic acids is 1. The van der Waals surface area contributed by atoms with Crippen molar-refractivity contribution in [1.29, 1.82) is 0 Å². The smallest absolute Gasteiger partial charge is 0.305 e. The first-order valence-corrected chi connectivity index (χ1v) is 8.13. The molecule has 0 aromatic heterocycles. The second-order valence-electron chi connectivity index (χ2n) is 6.38. The summed E-state index contributed by atoms with van der Waals surface area (Å²) in [6, 6.07) is 9.66. The maximum absolute atomic E-state index is 12.8. The molecule has 0 bridgehead atoms. The van der Waals surface area contributed by atoms with Gasteiger partial charge >= 0.3 is 5.97 Å². The van der Waals surface area contributed by atoms with Gasteiger partial charge in [-0.2, -0.15) is 0 Å². The number of rotatable bonds is 6. The van der Waals surface area contributed by atoms with Gasteiger partial charge in [0.05, 0.1) is 25.7 Å². The van der Waals surface area contributed by atoms with Crippen LogP contribution in [0.25, 0.3) is 0 Å². The van der Waals surface area contributed by atoms with Gasteiger partial charge in [0.1, 0.15) is 0 Å². The molecule has 1 heterocycles. The summed E-state index contributed by atoms with van der Waals surface area (Å²) in [7, 11) is 0. The van der Waals surface area contributed by atoms with E-state index in [4.69, 9.17) is 9.84 Å². The molecule has 126 valence electrons. The molecule has 1 fully saturated rings. The highest BCUT2D eigenvalue weighted by Crippen LogP contribution is 2.29. The van der Waals surface area contributed by atoms with Crippen molar-refractivity contribution in [3.05, 3.63) is 35.9 Å². The van der Waals surface area contributed by atoms with E-state index in [1.165, 1.54) is 0 Å². The highest BCUT2D eigenvalue weighted by Gasteiger charge is 2.31. The van der Waals surface area contributed by atoms with E-state index in [0.717, 1.165) is 5.56 Å². The Balaban J connectivity index is 2.09. The number of amides is 1. The third kappa shape index (κ3) is 4.79. The molecule has 5 heteroatoms. The van der Waals surface area contributed by atoms with Gasteiger partial charge in [0.15, 0.2) is 0 Å². The first kappa shape index (κ1) is 17.5. The summed E-state index contributed by atoms with van der Waals surface area (Å²) in [6.45, 7) is 5.46. The Kier molecular flexibility index (Phi) is 6.16. The zero-order chi connectivity index (χ0) is 16.8. The number of ether oxygens (including phenoxy) is 1. The molecule has 2 atom stereocenters. The molecule has 1 amide bonds. The standard InChI is InChI=1S/C18H25NO4/c1-13(2)16(14-6-4-3-5-7-14)11-17(20)19-8-9-23-12-15(19)10-18(21)22/h3-7,13,15-16H,8-12H2,1-2H3,(H,21,22). The molecule has 2 unspecified atom stereocenters. The van der Waals surface area contributed by atoms with Crippen molar-refractivity contribution in [1.82, 2.24) is 4.90 Å². The molecule has 1 aliphatic rings. The van der Waals surface area contributed by atoms with Gasteiger partial charge in [0.25, 0.3) is 0 Å². The van der Waals surface area contributed by atoms with E-state index >= 15 is 0 Å². The van der Waals surface area contributed by atoms with Crippen LogP contribution in [0.4, 0.5) is 0 Å². The van der Waals surface area contributed by atoms with Crippen LogP contribution in [0, 0.1) is 5.92 Å². The third-order valence-electron chi connectivity index (χ3n) is 4.39. The predicted octanol–water partition coefficient (Wildman–Crippen LogP) is 2.52.